The van der Waals surface area contributed by atoms with Gasteiger partial charge in [-0.25, -0.2) is 4.98 Å². The van der Waals surface area contributed by atoms with Crippen LogP contribution in [0.5, 0.6) is 0 Å². The van der Waals surface area contributed by atoms with E-state index in [9.17, 15) is 4.79 Å². The molecule has 6 heteroatoms. The van der Waals surface area contributed by atoms with Crippen LogP contribution in [-0.2, 0) is 11.3 Å². The van der Waals surface area contributed by atoms with Crippen LogP contribution >= 0.6 is 11.3 Å². The van der Waals surface area contributed by atoms with Gasteiger partial charge >= 0.3 is 5.97 Å². The number of likely N-dealkylation sites (tertiary alicyclic amines) is 1. The zero-order chi connectivity index (χ0) is 12.5. The van der Waals surface area contributed by atoms with Crippen molar-refractivity contribution in [2.45, 2.75) is 31.8 Å². The van der Waals surface area contributed by atoms with Crippen LogP contribution in [0.4, 0.5) is 0 Å². The highest BCUT2D eigenvalue weighted by atomic mass is 32.1. The van der Waals surface area contributed by atoms with Gasteiger partial charge in [-0.05, 0) is 19.4 Å². The first-order chi connectivity index (χ1) is 8.72. The molecule has 1 aliphatic heterocycles. The number of carbonyl (C=O) groups is 1. The number of aromatic nitrogens is 2. The molecule has 3 heterocycles. The highest BCUT2D eigenvalue weighted by molar-refractivity contribution is 7.15. The summed E-state index contributed by atoms with van der Waals surface area (Å²) in [5.41, 5.74) is 1.03. The van der Waals surface area contributed by atoms with Crippen molar-refractivity contribution >= 4 is 22.3 Å². The Labute approximate surface area is 109 Å². The lowest BCUT2D eigenvalue weighted by molar-refractivity contribution is -0.138. The number of hydrogen-bond donors (Lipinski definition) is 1. The number of carboxylic acids is 1. The molecule has 0 bridgehead atoms. The van der Waals surface area contributed by atoms with E-state index >= 15 is 0 Å². The maximum atomic E-state index is 10.8. The summed E-state index contributed by atoms with van der Waals surface area (Å²) in [6.45, 7) is 1.73. The molecule has 1 N–H and O–H groups in total. The molecule has 1 aliphatic rings. The molecule has 0 aromatic carbocycles. The number of hydrogen-bond acceptors (Lipinski definition) is 4. The standard InChI is InChI=1S/C12H15N3O2S/c16-11(17)6-10-2-1-3-14(10)7-9-8-15-4-5-18-12(15)13-9/h4-5,8,10H,1-3,6-7H2,(H,16,17). The van der Waals surface area contributed by atoms with Gasteiger partial charge in [-0.2, -0.15) is 0 Å². The number of imidazole rings is 1. The van der Waals surface area contributed by atoms with Gasteiger partial charge in [0.15, 0.2) is 4.96 Å². The van der Waals surface area contributed by atoms with Gasteiger partial charge in [0.25, 0.3) is 0 Å². The van der Waals surface area contributed by atoms with E-state index in [1.807, 2.05) is 22.2 Å². The van der Waals surface area contributed by atoms with E-state index < -0.39 is 5.97 Å². The Kier molecular flexibility index (Phi) is 3.05. The third-order valence-electron chi connectivity index (χ3n) is 3.42. The minimum absolute atomic E-state index is 0.169. The zero-order valence-corrected chi connectivity index (χ0v) is 10.8. The van der Waals surface area contributed by atoms with Crippen LogP contribution in [0.1, 0.15) is 25.0 Å². The summed E-state index contributed by atoms with van der Waals surface area (Å²) in [6.07, 6.45) is 6.33. The van der Waals surface area contributed by atoms with Crippen LogP contribution in [0.2, 0.25) is 0 Å². The van der Waals surface area contributed by atoms with Gasteiger partial charge in [0, 0.05) is 30.4 Å². The van der Waals surface area contributed by atoms with Gasteiger partial charge in [0.2, 0.25) is 0 Å². The molecule has 0 aliphatic carbocycles. The second kappa shape index (κ2) is 4.70. The van der Waals surface area contributed by atoms with Crippen molar-refractivity contribution < 1.29 is 9.90 Å². The first-order valence-corrected chi connectivity index (χ1v) is 6.97. The molecule has 5 nitrogen and oxygen atoms in total. The van der Waals surface area contributed by atoms with E-state index in [2.05, 4.69) is 9.88 Å². The van der Waals surface area contributed by atoms with Crippen LogP contribution in [0, 0.1) is 0 Å². The maximum Gasteiger partial charge on any atom is 0.304 e. The largest absolute Gasteiger partial charge is 0.481 e. The molecule has 1 saturated heterocycles. The van der Waals surface area contributed by atoms with Crippen molar-refractivity contribution in [1.82, 2.24) is 14.3 Å². The quantitative estimate of drug-likeness (QED) is 0.916. The van der Waals surface area contributed by atoms with Crippen LogP contribution in [0.25, 0.3) is 4.96 Å². The molecule has 96 valence electrons. The molecule has 0 spiro atoms. The molecular formula is C12H15N3O2S. The number of carboxylic acid groups (broad SMARTS) is 1. The lowest BCUT2D eigenvalue weighted by Gasteiger charge is -2.21. The lowest BCUT2D eigenvalue weighted by atomic mass is 10.1. The molecule has 0 amide bonds. The average Bonchev–Trinajstić information content (AvgIpc) is 2.94. The van der Waals surface area contributed by atoms with E-state index in [1.54, 1.807) is 11.3 Å². The molecule has 2 aromatic rings. The Hall–Kier alpha value is -1.40. The van der Waals surface area contributed by atoms with Gasteiger partial charge in [-0.1, -0.05) is 0 Å². The third kappa shape index (κ3) is 2.26. The fourth-order valence-electron chi connectivity index (χ4n) is 2.60. The second-order valence-electron chi connectivity index (χ2n) is 4.69. The first-order valence-electron chi connectivity index (χ1n) is 6.09. The number of rotatable bonds is 4. The molecule has 0 radical (unpaired) electrons. The van der Waals surface area contributed by atoms with E-state index in [4.69, 9.17) is 5.11 Å². The Balaban J connectivity index is 1.71. The van der Waals surface area contributed by atoms with Crippen LogP contribution in [0.15, 0.2) is 17.8 Å². The predicted molar refractivity (Wildman–Crippen MR) is 68.8 cm³/mol. The van der Waals surface area contributed by atoms with E-state index in [-0.39, 0.29) is 12.5 Å². The smallest absolute Gasteiger partial charge is 0.304 e. The van der Waals surface area contributed by atoms with Crippen molar-refractivity contribution in [2.75, 3.05) is 6.54 Å². The number of aliphatic carboxylic acids is 1. The van der Waals surface area contributed by atoms with Crippen LogP contribution in [-0.4, -0.2) is 37.9 Å². The van der Waals surface area contributed by atoms with Gasteiger partial charge in [-0.3, -0.25) is 14.1 Å². The number of fused-ring (bicyclic) bond motifs is 1. The van der Waals surface area contributed by atoms with Crippen molar-refractivity contribution in [2.24, 2.45) is 0 Å². The van der Waals surface area contributed by atoms with Crippen molar-refractivity contribution in [3.05, 3.63) is 23.5 Å². The summed E-state index contributed by atoms with van der Waals surface area (Å²) in [5, 5.41) is 10.9. The molecule has 1 atom stereocenters. The van der Waals surface area contributed by atoms with Crippen molar-refractivity contribution in [1.29, 1.82) is 0 Å². The Bertz CT molecular complexity index is 534. The van der Waals surface area contributed by atoms with Gasteiger partial charge in [-0.15, -0.1) is 11.3 Å². The minimum Gasteiger partial charge on any atom is -0.481 e. The van der Waals surface area contributed by atoms with Crippen LogP contribution in [0.3, 0.4) is 0 Å². The molecular weight excluding hydrogens is 250 g/mol. The Morgan fingerprint density at radius 3 is 3.28 bits per heavy atom. The normalized spacial score (nSPS) is 20.8. The Morgan fingerprint density at radius 2 is 2.50 bits per heavy atom. The second-order valence-corrected chi connectivity index (χ2v) is 5.56. The first kappa shape index (κ1) is 11.7. The number of nitrogens with zero attached hydrogens (tertiary/aromatic N) is 3. The fraction of sp³-hybridized carbons (Fsp3) is 0.500. The average molecular weight is 265 g/mol. The Morgan fingerprint density at radius 1 is 1.61 bits per heavy atom. The predicted octanol–water partition coefficient (Wildman–Crippen LogP) is 1.83. The van der Waals surface area contributed by atoms with Gasteiger partial charge in [0.1, 0.15) is 0 Å². The summed E-state index contributed by atoms with van der Waals surface area (Å²) in [6, 6.07) is 0.169. The minimum atomic E-state index is -0.710. The van der Waals surface area contributed by atoms with E-state index in [0.29, 0.717) is 0 Å². The topological polar surface area (TPSA) is 57.8 Å². The summed E-state index contributed by atoms with van der Waals surface area (Å²) >= 11 is 1.62. The molecule has 2 aromatic heterocycles. The fourth-order valence-corrected chi connectivity index (χ4v) is 3.32. The van der Waals surface area contributed by atoms with Crippen molar-refractivity contribution in [3.8, 4) is 0 Å². The zero-order valence-electron chi connectivity index (χ0n) is 9.95. The monoisotopic (exact) mass is 265 g/mol. The lowest BCUT2D eigenvalue weighted by Crippen LogP contribution is -2.30. The molecule has 1 fully saturated rings. The van der Waals surface area contributed by atoms with E-state index in [1.165, 1.54) is 0 Å². The third-order valence-corrected chi connectivity index (χ3v) is 4.19. The molecule has 1 unspecified atom stereocenters. The van der Waals surface area contributed by atoms with Crippen LogP contribution < -0.4 is 0 Å². The van der Waals surface area contributed by atoms with E-state index in [0.717, 1.165) is 36.6 Å². The molecule has 0 saturated carbocycles. The van der Waals surface area contributed by atoms with Crippen molar-refractivity contribution in [3.63, 3.8) is 0 Å². The summed E-state index contributed by atoms with van der Waals surface area (Å²) < 4.78 is 2.02. The maximum absolute atomic E-state index is 10.8. The highest BCUT2D eigenvalue weighted by Crippen LogP contribution is 2.23. The SMILES string of the molecule is O=C(O)CC1CCCN1Cc1cn2ccsc2n1. The molecule has 3 rings (SSSR count). The van der Waals surface area contributed by atoms with Gasteiger partial charge < -0.3 is 5.11 Å². The molecule has 18 heavy (non-hydrogen) atoms. The summed E-state index contributed by atoms with van der Waals surface area (Å²) in [5.74, 6) is -0.710. The number of thiazole rings is 1. The summed E-state index contributed by atoms with van der Waals surface area (Å²) in [4.78, 5) is 18.6. The van der Waals surface area contributed by atoms with Gasteiger partial charge in [0.05, 0.1) is 12.1 Å². The summed E-state index contributed by atoms with van der Waals surface area (Å²) in [7, 11) is 0. The highest BCUT2D eigenvalue weighted by Gasteiger charge is 2.27.